The molecule has 0 bridgehead atoms. The fraction of sp³-hybridized carbons (Fsp3) is 0.261. The number of H-pyrrole nitrogens is 1. The molecule has 0 spiro atoms. The van der Waals surface area contributed by atoms with Gasteiger partial charge in [0.1, 0.15) is 11.5 Å². The number of rotatable bonds is 5. The Morgan fingerprint density at radius 2 is 2.06 bits per heavy atom. The summed E-state index contributed by atoms with van der Waals surface area (Å²) in [6.07, 6.45) is 7.02. The summed E-state index contributed by atoms with van der Waals surface area (Å²) in [5.41, 5.74) is 4.61. The third-order valence-electron chi connectivity index (χ3n) is 5.74. The van der Waals surface area contributed by atoms with E-state index in [1.807, 2.05) is 24.3 Å². The Labute approximate surface area is 185 Å². The fourth-order valence-corrected chi connectivity index (χ4v) is 4.34. The number of anilines is 1. The number of nitrogens with zero attached hydrogens (tertiary/aromatic N) is 3. The Kier molecular flexibility index (Phi) is 5.44. The molecule has 7 nitrogen and oxygen atoms in total. The zero-order valence-electron chi connectivity index (χ0n) is 16.9. The van der Waals surface area contributed by atoms with Gasteiger partial charge in [0.25, 0.3) is 0 Å². The highest BCUT2D eigenvalue weighted by atomic mass is 35.5. The molecule has 0 atom stereocenters. The van der Waals surface area contributed by atoms with Crippen LogP contribution >= 0.6 is 11.6 Å². The number of nitrogens with one attached hydrogen (secondary N) is 3. The number of aromatic nitrogens is 4. The Bertz CT molecular complexity index is 1220. The molecule has 1 aliphatic rings. The molecule has 0 radical (unpaired) electrons. The van der Waals surface area contributed by atoms with Gasteiger partial charge in [0.05, 0.1) is 10.7 Å². The van der Waals surface area contributed by atoms with Crippen LogP contribution in [0.15, 0.2) is 55.0 Å². The molecule has 31 heavy (non-hydrogen) atoms. The summed E-state index contributed by atoms with van der Waals surface area (Å²) < 4.78 is 0.789. The van der Waals surface area contributed by atoms with Crippen LogP contribution in [0.5, 0.6) is 0 Å². The van der Waals surface area contributed by atoms with E-state index in [0.29, 0.717) is 29.0 Å². The van der Waals surface area contributed by atoms with E-state index in [-0.39, 0.29) is 0 Å². The highest BCUT2D eigenvalue weighted by Gasteiger charge is 2.19. The maximum Gasteiger partial charge on any atom is 0.185 e. The van der Waals surface area contributed by atoms with Crippen LogP contribution < -0.4 is 15.4 Å². The predicted octanol–water partition coefficient (Wildman–Crippen LogP) is 3.99. The lowest BCUT2D eigenvalue weighted by atomic mass is 9.94. The summed E-state index contributed by atoms with van der Waals surface area (Å²) >= 11 is 6.55. The SMILES string of the molecule is [O-][n+]1cccc(CNc2ccc(Cl)c(-c3ccnc4[nH]c(C5CCNCC5)cc34)n2)c1. The van der Waals surface area contributed by atoms with Gasteiger partial charge < -0.3 is 20.8 Å². The van der Waals surface area contributed by atoms with E-state index in [9.17, 15) is 5.21 Å². The molecule has 0 amide bonds. The molecule has 0 aromatic carbocycles. The number of aromatic amines is 1. The minimum Gasteiger partial charge on any atom is -0.619 e. The zero-order valence-corrected chi connectivity index (χ0v) is 17.7. The second-order valence-corrected chi connectivity index (χ2v) is 8.23. The quantitative estimate of drug-likeness (QED) is 0.326. The molecular formula is C23H23ClN6O. The van der Waals surface area contributed by atoms with Crippen molar-refractivity contribution < 1.29 is 4.73 Å². The molecule has 1 fully saturated rings. The van der Waals surface area contributed by atoms with Crippen LogP contribution in [-0.4, -0.2) is 28.0 Å². The van der Waals surface area contributed by atoms with Crippen molar-refractivity contribution in [2.75, 3.05) is 18.4 Å². The topological polar surface area (TPSA) is 92.6 Å². The summed E-state index contributed by atoms with van der Waals surface area (Å²) in [7, 11) is 0. The summed E-state index contributed by atoms with van der Waals surface area (Å²) in [4.78, 5) is 12.8. The number of piperidine rings is 1. The lowest BCUT2D eigenvalue weighted by Gasteiger charge is -2.21. The van der Waals surface area contributed by atoms with Gasteiger partial charge in [0.15, 0.2) is 12.4 Å². The van der Waals surface area contributed by atoms with Gasteiger partial charge in [0, 0.05) is 46.9 Å². The molecule has 0 saturated carbocycles. The number of pyridine rings is 3. The minimum atomic E-state index is 0.493. The Hall–Kier alpha value is -3.16. The highest BCUT2D eigenvalue weighted by Crippen LogP contribution is 2.35. The van der Waals surface area contributed by atoms with Crippen molar-refractivity contribution >= 4 is 28.5 Å². The Morgan fingerprint density at radius 1 is 1.19 bits per heavy atom. The second kappa shape index (κ2) is 8.53. The van der Waals surface area contributed by atoms with Gasteiger partial charge in [-0.1, -0.05) is 11.6 Å². The average molecular weight is 435 g/mol. The van der Waals surface area contributed by atoms with Crippen LogP contribution in [-0.2, 0) is 6.54 Å². The van der Waals surface area contributed by atoms with E-state index in [1.165, 1.54) is 11.9 Å². The molecule has 1 saturated heterocycles. The molecular weight excluding hydrogens is 412 g/mol. The maximum atomic E-state index is 11.5. The van der Waals surface area contributed by atoms with Crippen LogP contribution in [0.2, 0.25) is 5.02 Å². The zero-order chi connectivity index (χ0) is 21.2. The number of hydrogen-bond donors (Lipinski definition) is 3. The number of fused-ring (bicyclic) bond motifs is 1. The van der Waals surface area contributed by atoms with E-state index in [2.05, 4.69) is 26.7 Å². The van der Waals surface area contributed by atoms with Gasteiger partial charge >= 0.3 is 0 Å². The van der Waals surface area contributed by atoms with E-state index in [0.717, 1.165) is 52.8 Å². The molecule has 5 rings (SSSR count). The van der Waals surface area contributed by atoms with Crippen molar-refractivity contribution in [3.05, 3.63) is 76.5 Å². The van der Waals surface area contributed by atoms with E-state index in [1.54, 1.807) is 18.5 Å². The van der Waals surface area contributed by atoms with Crippen molar-refractivity contribution in [2.24, 2.45) is 0 Å². The summed E-state index contributed by atoms with van der Waals surface area (Å²) in [5, 5.41) is 19.8. The van der Waals surface area contributed by atoms with Gasteiger partial charge in [-0.05, 0) is 56.3 Å². The van der Waals surface area contributed by atoms with E-state index < -0.39 is 0 Å². The molecule has 4 aromatic rings. The summed E-state index contributed by atoms with van der Waals surface area (Å²) in [6, 6.07) is 11.5. The van der Waals surface area contributed by atoms with Gasteiger partial charge in [-0.15, -0.1) is 0 Å². The second-order valence-electron chi connectivity index (χ2n) is 7.82. The number of hydrogen-bond acceptors (Lipinski definition) is 5. The van der Waals surface area contributed by atoms with Gasteiger partial charge in [-0.2, -0.15) is 4.73 Å². The molecule has 5 heterocycles. The summed E-state index contributed by atoms with van der Waals surface area (Å²) in [6.45, 7) is 2.57. The van der Waals surface area contributed by atoms with E-state index >= 15 is 0 Å². The van der Waals surface area contributed by atoms with Crippen molar-refractivity contribution in [3.8, 4) is 11.3 Å². The van der Waals surface area contributed by atoms with Crippen LogP contribution in [0.3, 0.4) is 0 Å². The van der Waals surface area contributed by atoms with Crippen molar-refractivity contribution in [2.45, 2.75) is 25.3 Å². The lowest BCUT2D eigenvalue weighted by molar-refractivity contribution is -0.605. The predicted molar refractivity (Wildman–Crippen MR) is 122 cm³/mol. The molecule has 158 valence electrons. The third-order valence-corrected chi connectivity index (χ3v) is 6.05. The summed E-state index contributed by atoms with van der Waals surface area (Å²) in [5.74, 6) is 1.20. The normalized spacial score (nSPS) is 14.7. The molecule has 3 N–H and O–H groups in total. The molecule has 8 heteroatoms. The highest BCUT2D eigenvalue weighted by molar-refractivity contribution is 6.33. The number of halogens is 1. The fourth-order valence-electron chi connectivity index (χ4n) is 4.13. The van der Waals surface area contributed by atoms with Gasteiger partial charge in [0.2, 0.25) is 0 Å². The first-order valence-electron chi connectivity index (χ1n) is 10.4. The molecule has 4 aromatic heterocycles. The standard InChI is InChI=1S/C23H23ClN6O/c24-19-3-4-21(27-13-15-2-1-11-30(31)14-15)29-22(19)17-7-10-26-23-18(17)12-20(28-23)16-5-8-25-9-6-16/h1-4,7,10-12,14,16,25H,5-6,8-9,13H2,(H,26,28)(H,27,29). The Balaban J connectivity index is 1.46. The lowest BCUT2D eigenvalue weighted by Crippen LogP contribution is -2.26. The maximum absolute atomic E-state index is 11.5. The first-order chi connectivity index (χ1) is 15.2. The van der Waals surface area contributed by atoms with E-state index in [4.69, 9.17) is 16.6 Å². The monoisotopic (exact) mass is 434 g/mol. The van der Waals surface area contributed by atoms with Crippen LogP contribution in [0.4, 0.5) is 5.82 Å². The van der Waals surface area contributed by atoms with Crippen molar-refractivity contribution in [1.82, 2.24) is 20.3 Å². The van der Waals surface area contributed by atoms with Crippen LogP contribution in [0.25, 0.3) is 22.3 Å². The van der Waals surface area contributed by atoms with Gasteiger partial charge in [-0.3, -0.25) is 0 Å². The first-order valence-corrected chi connectivity index (χ1v) is 10.8. The Morgan fingerprint density at radius 3 is 2.90 bits per heavy atom. The molecule has 1 aliphatic heterocycles. The largest absolute Gasteiger partial charge is 0.619 e. The average Bonchev–Trinajstić information content (AvgIpc) is 3.24. The van der Waals surface area contributed by atoms with Crippen molar-refractivity contribution in [1.29, 1.82) is 0 Å². The van der Waals surface area contributed by atoms with Crippen LogP contribution in [0, 0.1) is 5.21 Å². The first kappa shape index (κ1) is 19.8. The molecule has 0 aliphatic carbocycles. The molecule has 0 unspecified atom stereocenters. The van der Waals surface area contributed by atoms with Crippen LogP contribution in [0.1, 0.15) is 30.0 Å². The third kappa shape index (κ3) is 4.19. The van der Waals surface area contributed by atoms with Crippen molar-refractivity contribution in [3.63, 3.8) is 0 Å². The smallest absolute Gasteiger partial charge is 0.185 e. The minimum absolute atomic E-state index is 0.493. The van der Waals surface area contributed by atoms with Gasteiger partial charge in [-0.25, -0.2) is 9.97 Å².